The van der Waals surface area contributed by atoms with E-state index >= 15 is 0 Å². The summed E-state index contributed by atoms with van der Waals surface area (Å²) in [6, 6.07) is -0.851. The first-order valence-electron chi connectivity index (χ1n) is 8.12. The van der Waals surface area contributed by atoms with Gasteiger partial charge in [-0.3, -0.25) is 14.4 Å². The van der Waals surface area contributed by atoms with Crippen LogP contribution < -0.4 is 5.73 Å². The maximum absolute atomic E-state index is 12.8. The highest BCUT2D eigenvalue weighted by molar-refractivity contribution is 8.00. The van der Waals surface area contributed by atoms with Crippen LogP contribution in [0.5, 0.6) is 0 Å². The number of carbonyl (C=O) groups is 4. The number of thioether (sulfide) groups is 1. The molecule has 2 aliphatic heterocycles. The van der Waals surface area contributed by atoms with Gasteiger partial charge < -0.3 is 20.8 Å². The maximum atomic E-state index is 12.8. The van der Waals surface area contributed by atoms with Gasteiger partial charge in [0.15, 0.2) is 10.9 Å². The summed E-state index contributed by atoms with van der Waals surface area (Å²) in [4.78, 5) is 52.7. The van der Waals surface area contributed by atoms with Crippen LogP contribution in [0.4, 0.5) is 5.13 Å². The largest absolute Gasteiger partial charge is 0.481 e. The minimum Gasteiger partial charge on any atom is -0.481 e. The van der Waals surface area contributed by atoms with Crippen molar-refractivity contribution in [3.8, 4) is 0 Å². The van der Waals surface area contributed by atoms with Gasteiger partial charge in [0.2, 0.25) is 5.91 Å². The molecule has 1 unspecified atom stereocenters. The van der Waals surface area contributed by atoms with E-state index in [2.05, 4.69) is 4.98 Å². The number of hydrogen-bond acceptors (Lipinski definition) is 8. The molecule has 0 saturated carbocycles. The highest BCUT2D eigenvalue weighted by atomic mass is 32.2. The van der Waals surface area contributed by atoms with Crippen molar-refractivity contribution in [2.75, 3.05) is 11.5 Å². The predicted molar refractivity (Wildman–Crippen MR) is 99.0 cm³/mol. The molecular formula is C16H17N3O6S2. The number of nitrogens with zero attached hydrogens (tertiary/aromatic N) is 2. The third-order valence-electron chi connectivity index (χ3n) is 4.48. The Labute approximate surface area is 162 Å². The van der Waals surface area contributed by atoms with Gasteiger partial charge in [0.1, 0.15) is 6.04 Å². The van der Waals surface area contributed by atoms with E-state index < -0.39 is 29.7 Å². The number of fused-ring (bicyclic) bond motifs is 1. The van der Waals surface area contributed by atoms with Gasteiger partial charge in [0.25, 0.3) is 0 Å². The lowest BCUT2D eigenvalue weighted by molar-refractivity contribution is -0.165. The van der Waals surface area contributed by atoms with Crippen LogP contribution in [0.25, 0.3) is 5.57 Å². The van der Waals surface area contributed by atoms with Gasteiger partial charge in [-0.2, -0.15) is 0 Å². The first-order valence-corrected chi connectivity index (χ1v) is 10.1. The fourth-order valence-electron chi connectivity index (χ4n) is 3.22. The van der Waals surface area contributed by atoms with Gasteiger partial charge in [-0.25, -0.2) is 9.78 Å². The molecule has 0 aromatic carbocycles. The lowest BCUT2D eigenvalue weighted by Gasteiger charge is -2.52. The zero-order valence-corrected chi connectivity index (χ0v) is 15.7. The summed E-state index contributed by atoms with van der Waals surface area (Å²) < 4.78 is 0. The summed E-state index contributed by atoms with van der Waals surface area (Å²) in [7, 11) is 0. The number of amides is 1. The van der Waals surface area contributed by atoms with Crippen molar-refractivity contribution >= 4 is 57.4 Å². The third-order valence-corrected chi connectivity index (χ3v) is 6.52. The van der Waals surface area contributed by atoms with Gasteiger partial charge in [0, 0.05) is 17.4 Å². The zero-order valence-electron chi connectivity index (χ0n) is 14.0. The van der Waals surface area contributed by atoms with E-state index in [1.807, 2.05) is 0 Å². The summed E-state index contributed by atoms with van der Waals surface area (Å²) in [6.07, 6.45) is 1.17. The highest BCUT2D eigenvalue weighted by Gasteiger charge is 2.54. The fraction of sp³-hybridized carbons (Fsp3) is 0.438. The number of ketones is 1. The molecule has 2 fully saturated rings. The normalized spacial score (nSPS) is 24.9. The highest BCUT2D eigenvalue weighted by Crippen LogP contribution is 2.44. The molecule has 0 aliphatic carbocycles. The van der Waals surface area contributed by atoms with Gasteiger partial charge in [-0.1, -0.05) is 6.08 Å². The first kappa shape index (κ1) is 19.4. The SMILES string of the molecule is Nc1nc(/C(=C/CC(=O)O)C(=O)C[C@@H]2C(=O)N3C(C(=O)O)CCS[C@H]23)cs1. The first-order chi connectivity index (χ1) is 12.8. The molecule has 1 amide bonds. The minimum absolute atomic E-state index is 0.118. The van der Waals surface area contributed by atoms with E-state index in [1.54, 1.807) is 5.38 Å². The van der Waals surface area contributed by atoms with Crippen LogP contribution in [0.15, 0.2) is 11.5 Å². The molecule has 3 rings (SSSR count). The van der Waals surface area contributed by atoms with Crippen molar-refractivity contribution < 1.29 is 29.4 Å². The molecule has 0 spiro atoms. The number of anilines is 1. The maximum Gasteiger partial charge on any atom is 0.326 e. The molecule has 3 atom stereocenters. The lowest BCUT2D eigenvalue weighted by atomic mass is 9.87. The summed E-state index contributed by atoms with van der Waals surface area (Å²) in [6.45, 7) is 0. The second-order valence-electron chi connectivity index (χ2n) is 6.17. The van der Waals surface area contributed by atoms with E-state index in [4.69, 9.17) is 10.8 Å². The van der Waals surface area contributed by atoms with Crippen molar-refractivity contribution in [3.63, 3.8) is 0 Å². The lowest BCUT2D eigenvalue weighted by Crippen LogP contribution is -2.67. The van der Waals surface area contributed by atoms with Crippen molar-refractivity contribution in [2.24, 2.45) is 5.92 Å². The molecule has 144 valence electrons. The predicted octanol–water partition coefficient (Wildman–Crippen LogP) is 0.917. The summed E-state index contributed by atoms with van der Waals surface area (Å²) in [5.74, 6) is -2.92. The number of aliphatic carboxylic acids is 2. The number of aromatic nitrogens is 1. The molecule has 11 heteroatoms. The molecule has 2 aliphatic rings. The van der Waals surface area contributed by atoms with Crippen LogP contribution in [0.3, 0.4) is 0 Å². The number of nitrogen functional groups attached to an aromatic ring is 1. The molecule has 1 aromatic heterocycles. The standard InChI is InChI=1S/C16H17N3O6S2/c17-16-18-9(6-27-16)7(1-2-12(21)22)11(20)5-8-13(23)19-10(15(24)25)3-4-26-14(8)19/h1,6,8,10,14H,2-5H2,(H2,17,18)(H,21,22)(H,24,25)/b7-1-/t8-,10?,14-/m1/s1. The second-order valence-corrected chi connectivity index (χ2v) is 8.28. The summed E-state index contributed by atoms with van der Waals surface area (Å²) in [5, 5.41) is 19.6. The Morgan fingerprint density at radius 3 is 2.70 bits per heavy atom. The van der Waals surface area contributed by atoms with E-state index in [0.717, 1.165) is 11.3 Å². The Balaban J connectivity index is 1.76. The Kier molecular flexibility index (Phi) is 5.51. The van der Waals surface area contributed by atoms with Crippen LogP contribution in [-0.4, -0.2) is 60.9 Å². The molecule has 0 bridgehead atoms. The van der Waals surface area contributed by atoms with E-state index in [-0.39, 0.29) is 40.5 Å². The van der Waals surface area contributed by atoms with Gasteiger partial charge in [0.05, 0.1) is 23.4 Å². The topological polar surface area (TPSA) is 151 Å². The number of nitrogens with two attached hydrogens (primary N) is 1. The van der Waals surface area contributed by atoms with Crippen molar-refractivity contribution in [1.29, 1.82) is 0 Å². The van der Waals surface area contributed by atoms with Crippen molar-refractivity contribution in [3.05, 3.63) is 17.2 Å². The Hall–Kier alpha value is -2.40. The smallest absolute Gasteiger partial charge is 0.326 e. The summed E-state index contributed by atoms with van der Waals surface area (Å²) >= 11 is 2.59. The van der Waals surface area contributed by atoms with E-state index in [0.29, 0.717) is 12.2 Å². The van der Waals surface area contributed by atoms with Crippen LogP contribution >= 0.6 is 23.1 Å². The number of β-lactam (4-membered cyclic amide) rings is 1. The fourth-order valence-corrected chi connectivity index (χ4v) is 5.24. The molecular weight excluding hydrogens is 394 g/mol. The average molecular weight is 411 g/mol. The van der Waals surface area contributed by atoms with E-state index in [1.165, 1.54) is 22.7 Å². The number of Topliss-reactive ketones (excluding diaryl/α,β-unsaturated/α-hetero) is 1. The summed E-state index contributed by atoms with van der Waals surface area (Å²) in [5.41, 5.74) is 6.00. The Morgan fingerprint density at radius 1 is 1.37 bits per heavy atom. The second kappa shape index (κ2) is 7.69. The average Bonchev–Trinajstić information content (AvgIpc) is 3.04. The van der Waals surface area contributed by atoms with Crippen molar-refractivity contribution in [1.82, 2.24) is 9.88 Å². The van der Waals surface area contributed by atoms with E-state index in [9.17, 15) is 24.3 Å². The number of allylic oxidation sites excluding steroid dienone is 1. The molecule has 4 N–H and O–H groups in total. The Bertz CT molecular complexity index is 836. The van der Waals surface area contributed by atoms with Crippen molar-refractivity contribution in [2.45, 2.75) is 30.7 Å². The van der Waals surface area contributed by atoms with Gasteiger partial charge in [-0.15, -0.1) is 23.1 Å². The number of rotatable bonds is 7. The van der Waals surface area contributed by atoms with Gasteiger partial charge >= 0.3 is 11.9 Å². The number of carboxylic acids is 2. The Morgan fingerprint density at radius 2 is 2.11 bits per heavy atom. The zero-order chi connectivity index (χ0) is 19.7. The van der Waals surface area contributed by atoms with Crippen LogP contribution in [0, 0.1) is 5.92 Å². The molecule has 9 nitrogen and oxygen atoms in total. The number of thiazole rings is 1. The minimum atomic E-state index is -1.10. The molecule has 1 aromatic rings. The molecule has 27 heavy (non-hydrogen) atoms. The molecule has 0 radical (unpaired) electrons. The number of carbonyl (C=O) groups excluding carboxylic acids is 2. The third kappa shape index (κ3) is 3.83. The molecule has 2 saturated heterocycles. The van der Waals surface area contributed by atoms with Crippen LogP contribution in [-0.2, 0) is 19.2 Å². The number of carboxylic acid groups (broad SMARTS) is 2. The van der Waals surface area contributed by atoms with Crippen LogP contribution in [0.1, 0.15) is 25.0 Å². The van der Waals surface area contributed by atoms with Gasteiger partial charge in [-0.05, 0) is 12.2 Å². The monoisotopic (exact) mass is 411 g/mol. The van der Waals surface area contributed by atoms with Crippen LogP contribution in [0.2, 0.25) is 0 Å². The number of hydrogen-bond donors (Lipinski definition) is 3. The molecule has 3 heterocycles. The quantitative estimate of drug-likeness (QED) is 0.439.